The van der Waals surface area contributed by atoms with Crippen molar-refractivity contribution in [2.45, 2.75) is 19.5 Å². The third-order valence-electron chi connectivity index (χ3n) is 5.28. The van der Waals surface area contributed by atoms with Crippen molar-refractivity contribution in [2.75, 3.05) is 32.7 Å². The molecule has 2 aromatic carbocycles. The van der Waals surface area contributed by atoms with Crippen LogP contribution in [0.3, 0.4) is 0 Å². The van der Waals surface area contributed by atoms with Crippen molar-refractivity contribution in [3.05, 3.63) is 70.5 Å². The van der Waals surface area contributed by atoms with Crippen molar-refractivity contribution in [1.29, 1.82) is 0 Å². The molecule has 1 heterocycles. The Morgan fingerprint density at radius 2 is 1.89 bits per heavy atom. The van der Waals surface area contributed by atoms with Crippen LogP contribution in [0.5, 0.6) is 0 Å². The lowest BCUT2D eigenvalue weighted by Crippen LogP contribution is -3.13. The van der Waals surface area contributed by atoms with Gasteiger partial charge in [-0.3, -0.25) is 4.79 Å². The Kier molecular flexibility index (Phi) is 6.83. The summed E-state index contributed by atoms with van der Waals surface area (Å²) in [5, 5.41) is 2.56. The number of carbonyl (C=O) groups excluding carboxylic acids is 1. The third-order valence-corrected chi connectivity index (χ3v) is 5.64. The highest BCUT2D eigenvalue weighted by Gasteiger charge is 2.26. The van der Waals surface area contributed by atoms with Gasteiger partial charge in [-0.25, -0.2) is 4.39 Å². The molecule has 2 aromatic rings. The Balaban J connectivity index is 1.45. The molecule has 0 spiro atoms. The fourth-order valence-electron chi connectivity index (χ4n) is 3.50. The van der Waals surface area contributed by atoms with Crippen LogP contribution in [0.15, 0.2) is 48.5 Å². The first kappa shape index (κ1) is 19.8. The van der Waals surface area contributed by atoms with Crippen LogP contribution in [0.2, 0.25) is 5.02 Å². The Bertz CT molecular complexity index is 743. The van der Waals surface area contributed by atoms with Gasteiger partial charge in [-0.2, -0.15) is 0 Å². The zero-order valence-corrected chi connectivity index (χ0v) is 16.4. The summed E-state index contributed by atoms with van der Waals surface area (Å²) in [7, 11) is 0. The molecule has 0 aliphatic carbocycles. The minimum absolute atomic E-state index is 0.167. The molecule has 3 rings (SSSR count). The van der Waals surface area contributed by atoms with Crippen LogP contribution in [0.4, 0.5) is 4.39 Å². The van der Waals surface area contributed by atoms with E-state index in [4.69, 9.17) is 11.6 Å². The number of nitrogens with one attached hydrogen (secondary N) is 1. The lowest BCUT2D eigenvalue weighted by molar-refractivity contribution is -0.917. The Morgan fingerprint density at radius 3 is 2.56 bits per heavy atom. The number of amides is 1. The number of carbonyl (C=O) groups is 1. The predicted molar refractivity (Wildman–Crippen MR) is 104 cm³/mol. The van der Waals surface area contributed by atoms with E-state index < -0.39 is 0 Å². The van der Waals surface area contributed by atoms with Gasteiger partial charge in [-0.15, -0.1) is 0 Å². The summed E-state index contributed by atoms with van der Waals surface area (Å²) in [6, 6.07) is 15.3. The number of hydrogen-bond donors (Lipinski definition) is 2. The number of nitrogens with two attached hydrogens (primary N) is 1. The molecule has 144 valence electrons. The van der Waals surface area contributed by atoms with E-state index >= 15 is 0 Å². The summed E-state index contributed by atoms with van der Waals surface area (Å²) >= 11 is 6.13. The average Bonchev–Trinajstić information content (AvgIpc) is 2.70. The number of piperazine rings is 1. The van der Waals surface area contributed by atoms with E-state index in [1.807, 2.05) is 23.1 Å². The van der Waals surface area contributed by atoms with Gasteiger partial charge in [0.2, 0.25) is 0 Å². The lowest BCUT2D eigenvalue weighted by Gasteiger charge is -2.32. The maximum Gasteiger partial charge on any atom is 0.278 e. The van der Waals surface area contributed by atoms with E-state index in [-0.39, 0.29) is 17.8 Å². The number of halogens is 2. The van der Waals surface area contributed by atoms with E-state index in [1.54, 1.807) is 12.1 Å². The second-order valence-corrected chi connectivity index (χ2v) is 7.55. The molecule has 1 fully saturated rings. The minimum atomic E-state index is -0.252. The maximum atomic E-state index is 14.0. The largest absolute Gasteiger partial charge is 0.333 e. The van der Waals surface area contributed by atoms with E-state index in [2.05, 4.69) is 24.4 Å². The van der Waals surface area contributed by atoms with Crippen LogP contribution < -0.4 is 10.2 Å². The van der Waals surface area contributed by atoms with Gasteiger partial charge in [0.1, 0.15) is 18.4 Å². The Morgan fingerprint density at radius 1 is 1.19 bits per heavy atom. The molecule has 0 aromatic heterocycles. The molecule has 1 atom stereocenters. The first-order valence-electron chi connectivity index (χ1n) is 9.47. The monoisotopic (exact) mass is 391 g/mol. The van der Waals surface area contributed by atoms with E-state index in [0.29, 0.717) is 36.8 Å². The smallest absolute Gasteiger partial charge is 0.278 e. The summed E-state index contributed by atoms with van der Waals surface area (Å²) < 4.78 is 14.0. The van der Waals surface area contributed by atoms with Crippen LogP contribution in [0.1, 0.15) is 24.1 Å². The molecule has 4 nitrogen and oxygen atoms in total. The van der Waals surface area contributed by atoms with Gasteiger partial charge in [-0.05, 0) is 19.1 Å². The summed E-state index contributed by atoms with van der Waals surface area (Å²) in [6.45, 7) is 6.15. The summed E-state index contributed by atoms with van der Waals surface area (Å²) in [5.41, 5.74) is 1.79. The topological polar surface area (TPSA) is 41.4 Å². The fourth-order valence-corrected chi connectivity index (χ4v) is 3.73. The van der Waals surface area contributed by atoms with Crippen molar-refractivity contribution in [1.82, 2.24) is 4.90 Å². The summed E-state index contributed by atoms with van der Waals surface area (Å²) in [5.74, 6) is -0.0845. The lowest BCUT2D eigenvalue weighted by atomic mass is 10.1. The highest BCUT2D eigenvalue weighted by atomic mass is 35.5. The molecular weight excluding hydrogens is 365 g/mol. The molecule has 1 saturated heterocycles. The van der Waals surface area contributed by atoms with Crippen molar-refractivity contribution in [2.24, 2.45) is 0 Å². The van der Waals surface area contributed by atoms with Gasteiger partial charge in [-0.1, -0.05) is 48.0 Å². The number of benzene rings is 2. The molecule has 0 bridgehead atoms. The van der Waals surface area contributed by atoms with Crippen molar-refractivity contribution in [3.8, 4) is 0 Å². The maximum absolute atomic E-state index is 14.0. The van der Waals surface area contributed by atoms with Crippen LogP contribution in [0, 0.1) is 5.82 Å². The quantitative estimate of drug-likeness (QED) is 0.758. The molecule has 1 amide bonds. The van der Waals surface area contributed by atoms with Gasteiger partial charge in [0.05, 0.1) is 36.8 Å². The van der Waals surface area contributed by atoms with Crippen LogP contribution in [-0.2, 0) is 11.3 Å². The van der Waals surface area contributed by atoms with E-state index in [9.17, 15) is 9.18 Å². The average molecular weight is 392 g/mol. The number of quaternary nitrogens is 2. The Labute approximate surface area is 164 Å². The highest BCUT2D eigenvalue weighted by Crippen LogP contribution is 2.17. The van der Waals surface area contributed by atoms with Crippen molar-refractivity contribution >= 4 is 17.5 Å². The molecule has 6 heteroatoms. The molecule has 27 heavy (non-hydrogen) atoms. The normalized spacial score (nSPS) is 16.3. The first-order chi connectivity index (χ1) is 13.0. The second kappa shape index (κ2) is 9.31. The second-order valence-electron chi connectivity index (χ2n) is 7.15. The third kappa shape index (κ3) is 5.28. The summed E-state index contributed by atoms with van der Waals surface area (Å²) in [6.07, 6.45) is 0. The van der Waals surface area contributed by atoms with Crippen LogP contribution in [0.25, 0.3) is 0 Å². The standard InChI is InChI=1S/C21H25ClFN3O/c1-16(17-6-3-2-4-7-17)24-14-21(27)26-12-10-25(11-13-26)15-18-19(22)8-5-9-20(18)23/h2-9,16,24H,10-15H2,1H3/p+2/t16-/m1/s1. The van der Waals surface area contributed by atoms with Gasteiger partial charge in [0.25, 0.3) is 5.91 Å². The summed E-state index contributed by atoms with van der Waals surface area (Å²) in [4.78, 5) is 15.7. The minimum Gasteiger partial charge on any atom is -0.333 e. The molecule has 0 unspecified atom stereocenters. The molecular formula is C21H27ClFN3O+2. The van der Waals surface area contributed by atoms with Gasteiger partial charge < -0.3 is 15.1 Å². The molecule has 1 aliphatic rings. The number of rotatable bonds is 6. The first-order valence-corrected chi connectivity index (χ1v) is 9.85. The van der Waals surface area contributed by atoms with Gasteiger partial charge >= 0.3 is 0 Å². The zero-order chi connectivity index (χ0) is 19.2. The number of nitrogens with zero attached hydrogens (tertiary/aromatic N) is 1. The molecule has 0 radical (unpaired) electrons. The highest BCUT2D eigenvalue weighted by molar-refractivity contribution is 6.31. The van der Waals surface area contributed by atoms with Crippen LogP contribution in [-0.4, -0.2) is 43.5 Å². The van der Waals surface area contributed by atoms with Gasteiger partial charge in [0, 0.05) is 5.56 Å². The SMILES string of the molecule is C[C@@H]([NH2+]CC(=O)N1CC[NH+](Cc2c(F)cccc2Cl)CC1)c1ccccc1. The zero-order valence-electron chi connectivity index (χ0n) is 15.6. The van der Waals surface area contributed by atoms with Crippen LogP contribution >= 0.6 is 11.6 Å². The van der Waals surface area contributed by atoms with E-state index in [1.165, 1.54) is 16.5 Å². The van der Waals surface area contributed by atoms with Crippen molar-refractivity contribution in [3.63, 3.8) is 0 Å². The molecule has 0 saturated carbocycles. The van der Waals surface area contributed by atoms with Crippen molar-refractivity contribution < 1.29 is 19.4 Å². The number of hydrogen-bond acceptors (Lipinski definition) is 1. The molecule has 1 aliphatic heterocycles. The predicted octanol–water partition coefficient (Wildman–Crippen LogP) is 1.03. The Hall–Kier alpha value is -1.95. The van der Waals surface area contributed by atoms with Gasteiger partial charge in [0.15, 0.2) is 6.54 Å². The van der Waals surface area contributed by atoms with E-state index in [0.717, 1.165) is 13.1 Å². The fraction of sp³-hybridized carbons (Fsp3) is 0.381. The molecule has 3 N–H and O–H groups in total.